The Hall–Kier alpha value is -2.32. The van der Waals surface area contributed by atoms with Gasteiger partial charge >= 0.3 is 11.9 Å². The normalized spacial score (nSPS) is 22.5. The van der Waals surface area contributed by atoms with E-state index in [1.165, 1.54) is 4.90 Å². The van der Waals surface area contributed by atoms with Gasteiger partial charge in [0, 0.05) is 43.2 Å². The fourth-order valence-corrected chi connectivity index (χ4v) is 3.46. The van der Waals surface area contributed by atoms with Crippen LogP contribution in [-0.2, 0) is 9.53 Å². The lowest BCUT2D eigenvalue weighted by Gasteiger charge is -2.30. The highest BCUT2D eigenvalue weighted by Gasteiger charge is 2.45. The molecule has 3 rings (SSSR count). The quantitative estimate of drug-likeness (QED) is 0.432. The van der Waals surface area contributed by atoms with E-state index in [2.05, 4.69) is 9.89 Å². The minimum absolute atomic E-state index is 0.280. The van der Waals surface area contributed by atoms with Gasteiger partial charge in [0.1, 0.15) is 5.71 Å². The van der Waals surface area contributed by atoms with E-state index in [-0.39, 0.29) is 5.71 Å². The molecule has 2 aliphatic rings. The van der Waals surface area contributed by atoms with Gasteiger partial charge < -0.3 is 9.64 Å². The van der Waals surface area contributed by atoms with Crippen molar-refractivity contribution in [1.29, 1.82) is 0 Å². The summed E-state index contributed by atoms with van der Waals surface area (Å²) in [6.07, 6.45) is 0.793. The number of nitro groups is 1. The molecule has 0 bridgehead atoms. The molecule has 8 nitrogen and oxygen atoms in total. The Labute approximate surface area is 152 Å². The van der Waals surface area contributed by atoms with Crippen LogP contribution in [0.25, 0.3) is 0 Å². The second-order valence-corrected chi connectivity index (χ2v) is 6.36. The number of anilines is 1. The van der Waals surface area contributed by atoms with E-state index in [0.29, 0.717) is 24.3 Å². The Balaban J connectivity index is 1.79. The number of para-hydroxylation sites is 1. The third-order valence-corrected chi connectivity index (χ3v) is 4.78. The van der Waals surface area contributed by atoms with E-state index in [1.807, 2.05) is 31.2 Å². The number of likely N-dealkylation sites (N-methyl/N-ethyl adjacent to an activating group) is 1. The molecule has 0 spiro atoms. The maximum absolute atomic E-state index is 12.6. The van der Waals surface area contributed by atoms with Gasteiger partial charge in [-0.25, -0.2) is 0 Å². The van der Waals surface area contributed by atoms with Crippen LogP contribution in [-0.4, -0.2) is 73.4 Å². The van der Waals surface area contributed by atoms with Gasteiger partial charge in [0.15, 0.2) is 0 Å². The average molecular weight is 360 g/mol. The van der Waals surface area contributed by atoms with Crippen LogP contribution in [0, 0.1) is 10.1 Å². The van der Waals surface area contributed by atoms with Crippen LogP contribution < -0.4 is 4.90 Å². The highest BCUT2D eigenvalue weighted by Crippen LogP contribution is 2.29. The number of aliphatic imine (C=N–C) groups is 1. The van der Waals surface area contributed by atoms with E-state index in [0.717, 1.165) is 39.3 Å². The van der Waals surface area contributed by atoms with Crippen molar-refractivity contribution in [3.63, 3.8) is 0 Å². The number of fused-ring (bicyclic) bond motifs is 1. The fourth-order valence-electron chi connectivity index (χ4n) is 3.46. The number of benzene rings is 1. The molecular weight excluding hydrogens is 336 g/mol. The molecule has 1 amide bonds. The van der Waals surface area contributed by atoms with Crippen LogP contribution in [0.4, 0.5) is 5.69 Å². The number of carbonyl (C=O) groups excluding carboxylic acids is 1. The molecule has 1 aromatic carbocycles. The summed E-state index contributed by atoms with van der Waals surface area (Å²) < 4.78 is 5.33. The van der Waals surface area contributed by atoms with Crippen LogP contribution in [0.1, 0.15) is 18.9 Å². The van der Waals surface area contributed by atoms with Crippen molar-refractivity contribution in [3.05, 3.63) is 39.9 Å². The molecular formula is C18H24N4O4. The summed E-state index contributed by atoms with van der Waals surface area (Å²) in [7, 11) is 0. The summed E-state index contributed by atoms with van der Waals surface area (Å²) in [6, 6.07) is 5.85. The molecule has 26 heavy (non-hydrogen) atoms. The van der Waals surface area contributed by atoms with Gasteiger partial charge in [-0.05, 0) is 19.4 Å². The zero-order chi connectivity index (χ0) is 18.5. The van der Waals surface area contributed by atoms with Gasteiger partial charge in [0.05, 0.1) is 18.9 Å². The van der Waals surface area contributed by atoms with Crippen molar-refractivity contribution in [2.24, 2.45) is 4.99 Å². The van der Waals surface area contributed by atoms with Gasteiger partial charge in [-0.2, -0.15) is 0 Å². The summed E-state index contributed by atoms with van der Waals surface area (Å²) in [5.74, 6) is -0.511. The summed E-state index contributed by atoms with van der Waals surface area (Å²) >= 11 is 0. The summed E-state index contributed by atoms with van der Waals surface area (Å²) in [5, 5.41) is 11.6. The van der Waals surface area contributed by atoms with Crippen molar-refractivity contribution in [1.82, 2.24) is 4.90 Å². The second kappa shape index (κ2) is 8.37. The minimum atomic E-state index is -1.42. The number of ether oxygens (including phenoxy) is 1. The number of morpholine rings is 1. The maximum Gasteiger partial charge on any atom is 0.331 e. The lowest BCUT2D eigenvalue weighted by molar-refractivity contribution is -0.488. The Morgan fingerprint density at radius 3 is 2.73 bits per heavy atom. The first-order valence-electron chi connectivity index (χ1n) is 9.02. The van der Waals surface area contributed by atoms with Gasteiger partial charge in [0.25, 0.3) is 0 Å². The van der Waals surface area contributed by atoms with E-state index in [1.54, 1.807) is 0 Å². The van der Waals surface area contributed by atoms with Crippen molar-refractivity contribution in [2.45, 2.75) is 19.4 Å². The molecule has 2 heterocycles. The van der Waals surface area contributed by atoms with Crippen LogP contribution in [0.2, 0.25) is 0 Å². The highest BCUT2D eigenvalue weighted by atomic mass is 16.6. The predicted octanol–water partition coefficient (Wildman–Crippen LogP) is 1.21. The van der Waals surface area contributed by atoms with Crippen LogP contribution >= 0.6 is 0 Å². The van der Waals surface area contributed by atoms with Gasteiger partial charge in [-0.3, -0.25) is 24.8 Å². The van der Waals surface area contributed by atoms with E-state index in [4.69, 9.17) is 4.74 Å². The summed E-state index contributed by atoms with van der Waals surface area (Å²) in [4.78, 5) is 32.0. The van der Waals surface area contributed by atoms with Crippen LogP contribution in [0.5, 0.6) is 0 Å². The van der Waals surface area contributed by atoms with Crippen molar-refractivity contribution in [3.8, 4) is 0 Å². The van der Waals surface area contributed by atoms with Crippen LogP contribution in [0.3, 0.4) is 0 Å². The zero-order valence-electron chi connectivity index (χ0n) is 15.0. The van der Waals surface area contributed by atoms with E-state index in [9.17, 15) is 14.9 Å². The Bertz CT molecular complexity index is 700. The first-order valence-corrected chi connectivity index (χ1v) is 9.02. The van der Waals surface area contributed by atoms with E-state index < -0.39 is 16.9 Å². The third kappa shape index (κ3) is 3.76. The van der Waals surface area contributed by atoms with Gasteiger partial charge in [-0.15, -0.1) is 0 Å². The lowest BCUT2D eigenvalue weighted by Crippen LogP contribution is -2.52. The Morgan fingerprint density at radius 1 is 1.31 bits per heavy atom. The molecule has 1 saturated heterocycles. The number of rotatable bonds is 6. The average Bonchev–Trinajstić information content (AvgIpc) is 2.65. The van der Waals surface area contributed by atoms with Crippen molar-refractivity contribution >= 4 is 17.3 Å². The first kappa shape index (κ1) is 18.5. The molecule has 0 aliphatic carbocycles. The van der Waals surface area contributed by atoms with Crippen LogP contribution in [0.15, 0.2) is 29.3 Å². The number of carbonyl (C=O) groups is 1. The first-order chi connectivity index (χ1) is 12.6. The summed E-state index contributed by atoms with van der Waals surface area (Å²) in [6.45, 7) is 6.84. The van der Waals surface area contributed by atoms with E-state index >= 15 is 0 Å². The zero-order valence-corrected chi connectivity index (χ0v) is 15.0. The monoisotopic (exact) mass is 360 g/mol. The molecule has 0 N–H and O–H groups in total. The smallest absolute Gasteiger partial charge is 0.331 e. The molecule has 0 radical (unpaired) electrons. The summed E-state index contributed by atoms with van der Waals surface area (Å²) in [5.41, 5.74) is 1.66. The molecule has 0 saturated carbocycles. The van der Waals surface area contributed by atoms with Gasteiger partial charge in [-0.1, -0.05) is 18.2 Å². The maximum atomic E-state index is 12.6. The topological polar surface area (TPSA) is 88.3 Å². The highest BCUT2D eigenvalue weighted by molar-refractivity contribution is 6.25. The molecule has 1 aromatic rings. The number of amides is 1. The van der Waals surface area contributed by atoms with Gasteiger partial charge in [0.2, 0.25) is 0 Å². The minimum Gasteiger partial charge on any atom is -0.379 e. The lowest BCUT2D eigenvalue weighted by atomic mass is 9.95. The number of hydrogen-bond acceptors (Lipinski definition) is 6. The van der Waals surface area contributed by atoms with Crippen molar-refractivity contribution < 1.29 is 14.5 Å². The molecule has 1 atom stereocenters. The fraction of sp³-hybridized carbons (Fsp3) is 0.556. The van der Waals surface area contributed by atoms with Crippen molar-refractivity contribution in [2.75, 3.05) is 50.8 Å². The standard InChI is InChI=1S/C18H24N4O4/c1-2-21-15-7-4-3-6-14(15)16(17(18(21)23)22(24)25)19-8-5-9-20-10-12-26-13-11-20/h3-4,6-7,17H,2,5,8-13H2,1H3. The molecule has 1 fully saturated rings. The second-order valence-electron chi connectivity index (χ2n) is 6.36. The molecule has 8 heteroatoms. The largest absolute Gasteiger partial charge is 0.379 e. The molecule has 1 unspecified atom stereocenters. The third-order valence-electron chi connectivity index (χ3n) is 4.78. The Morgan fingerprint density at radius 2 is 2.04 bits per heavy atom. The SMILES string of the molecule is CCN1C(=O)C([N+](=O)[O-])C(=NCCCN2CCOCC2)c2ccccc21. The number of nitrogens with zero attached hydrogens (tertiary/aromatic N) is 4. The molecule has 0 aromatic heterocycles. The molecule has 2 aliphatic heterocycles. The number of hydrogen-bond donors (Lipinski definition) is 0. The molecule has 140 valence electrons. The Kier molecular flexibility index (Phi) is 5.95. The predicted molar refractivity (Wildman–Crippen MR) is 98.5 cm³/mol.